The first kappa shape index (κ1) is 23.2. The van der Waals surface area contributed by atoms with E-state index < -0.39 is 23.6 Å². The standard InChI is InChI=1S/C28H26FNO4/c1-16(2)21-14-9-17(3)15-24(21)33-18(4)28(32)30-25-22-7-5-6-8-23(22)34-27(25)26(31)19-10-12-20(29)13-11-19/h5-16,18H,1-4H3,(H,30,32). The minimum atomic E-state index is -0.832. The quantitative estimate of drug-likeness (QED) is 0.315. The highest BCUT2D eigenvalue weighted by Gasteiger charge is 2.26. The summed E-state index contributed by atoms with van der Waals surface area (Å²) in [5.74, 6) is -0.470. The van der Waals surface area contributed by atoms with Crippen LogP contribution in [0, 0.1) is 12.7 Å². The molecule has 0 saturated heterocycles. The summed E-state index contributed by atoms with van der Waals surface area (Å²) in [7, 11) is 0. The van der Waals surface area contributed by atoms with Gasteiger partial charge in [0.2, 0.25) is 5.78 Å². The molecule has 0 bridgehead atoms. The Morgan fingerprint density at radius 2 is 1.68 bits per heavy atom. The molecule has 1 aromatic heterocycles. The number of benzene rings is 3. The topological polar surface area (TPSA) is 68.5 Å². The molecule has 5 nitrogen and oxygen atoms in total. The van der Waals surface area contributed by atoms with E-state index >= 15 is 0 Å². The summed E-state index contributed by atoms with van der Waals surface area (Å²) in [6.45, 7) is 7.75. The summed E-state index contributed by atoms with van der Waals surface area (Å²) in [5, 5.41) is 3.42. The van der Waals surface area contributed by atoms with E-state index in [1.54, 1.807) is 31.2 Å². The van der Waals surface area contributed by atoms with E-state index in [4.69, 9.17) is 9.15 Å². The molecule has 0 spiro atoms. The fraction of sp³-hybridized carbons (Fsp3) is 0.214. The molecule has 1 amide bonds. The Balaban J connectivity index is 1.65. The van der Waals surface area contributed by atoms with E-state index in [0.717, 1.165) is 11.1 Å². The number of aryl methyl sites for hydroxylation is 1. The van der Waals surface area contributed by atoms with Gasteiger partial charge in [0.1, 0.15) is 17.1 Å². The molecule has 1 heterocycles. The molecule has 3 aromatic carbocycles. The molecule has 0 fully saturated rings. The SMILES string of the molecule is Cc1ccc(C(C)C)c(OC(C)C(=O)Nc2c(C(=O)c3ccc(F)cc3)oc3ccccc23)c1. The van der Waals surface area contributed by atoms with Gasteiger partial charge in [-0.15, -0.1) is 0 Å². The number of halogens is 1. The maximum absolute atomic E-state index is 13.3. The first-order valence-corrected chi connectivity index (χ1v) is 11.1. The Kier molecular flexibility index (Phi) is 6.50. The van der Waals surface area contributed by atoms with Crippen molar-refractivity contribution in [1.29, 1.82) is 0 Å². The second kappa shape index (κ2) is 9.51. The Bertz CT molecular complexity index is 1350. The lowest BCUT2D eigenvalue weighted by Gasteiger charge is -2.19. The average molecular weight is 460 g/mol. The number of anilines is 1. The van der Waals surface area contributed by atoms with Gasteiger partial charge in [-0.2, -0.15) is 0 Å². The van der Waals surface area contributed by atoms with Crippen LogP contribution in [0.1, 0.15) is 53.9 Å². The number of carbonyl (C=O) groups is 2. The molecule has 0 aliphatic carbocycles. The number of ether oxygens (including phenoxy) is 1. The number of hydrogen-bond donors (Lipinski definition) is 1. The molecule has 1 atom stereocenters. The second-order valence-corrected chi connectivity index (χ2v) is 8.58. The van der Waals surface area contributed by atoms with Gasteiger partial charge in [0.15, 0.2) is 11.9 Å². The average Bonchev–Trinajstić information content (AvgIpc) is 3.17. The predicted octanol–water partition coefficient (Wildman–Crippen LogP) is 6.64. The summed E-state index contributed by atoms with van der Waals surface area (Å²) >= 11 is 0. The van der Waals surface area contributed by atoms with Gasteiger partial charge in [0.05, 0.1) is 5.69 Å². The van der Waals surface area contributed by atoms with Crippen LogP contribution in [-0.4, -0.2) is 17.8 Å². The number of rotatable bonds is 7. The van der Waals surface area contributed by atoms with Gasteiger partial charge < -0.3 is 14.5 Å². The van der Waals surface area contributed by atoms with Gasteiger partial charge in [0.25, 0.3) is 5.91 Å². The van der Waals surface area contributed by atoms with Crippen molar-refractivity contribution in [2.24, 2.45) is 0 Å². The van der Waals surface area contributed by atoms with Crippen molar-refractivity contribution in [3.8, 4) is 5.75 Å². The number of hydrogen-bond acceptors (Lipinski definition) is 4. The molecule has 4 aromatic rings. The van der Waals surface area contributed by atoms with Crippen LogP contribution in [-0.2, 0) is 4.79 Å². The molecule has 6 heteroatoms. The van der Waals surface area contributed by atoms with Gasteiger partial charge in [0, 0.05) is 10.9 Å². The zero-order chi connectivity index (χ0) is 24.4. The Hall–Kier alpha value is -3.93. The van der Waals surface area contributed by atoms with Crippen molar-refractivity contribution in [3.63, 3.8) is 0 Å². The summed E-state index contributed by atoms with van der Waals surface area (Å²) in [6.07, 6.45) is -0.832. The van der Waals surface area contributed by atoms with E-state index in [9.17, 15) is 14.0 Å². The number of furan rings is 1. The van der Waals surface area contributed by atoms with Crippen LogP contribution in [0.5, 0.6) is 5.75 Å². The maximum Gasteiger partial charge on any atom is 0.265 e. The molecular weight excluding hydrogens is 433 g/mol. The lowest BCUT2D eigenvalue weighted by molar-refractivity contribution is -0.122. The van der Waals surface area contributed by atoms with Crippen LogP contribution in [0.2, 0.25) is 0 Å². The Morgan fingerprint density at radius 3 is 2.38 bits per heavy atom. The fourth-order valence-electron chi connectivity index (χ4n) is 3.75. The van der Waals surface area contributed by atoms with Gasteiger partial charge >= 0.3 is 0 Å². The van der Waals surface area contributed by atoms with Crippen LogP contribution < -0.4 is 10.1 Å². The molecule has 0 aliphatic heterocycles. The van der Waals surface area contributed by atoms with Gasteiger partial charge in [-0.05, 0) is 73.4 Å². The summed E-state index contributed by atoms with van der Waals surface area (Å²) < 4.78 is 25.2. The second-order valence-electron chi connectivity index (χ2n) is 8.58. The van der Waals surface area contributed by atoms with Crippen LogP contribution in [0.15, 0.2) is 71.1 Å². The first-order chi connectivity index (χ1) is 16.2. The van der Waals surface area contributed by atoms with E-state index in [0.29, 0.717) is 16.7 Å². The van der Waals surface area contributed by atoms with E-state index in [1.807, 2.05) is 25.1 Å². The van der Waals surface area contributed by atoms with Gasteiger partial charge in [-0.25, -0.2) is 4.39 Å². The van der Waals surface area contributed by atoms with Crippen molar-refractivity contribution in [3.05, 3.63) is 95.0 Å². The summed E-state index contributed by atoms with van der Waals surface area (Å²) in [6, 6.07) is 18.2. The molecule has 1 N–H and O–H groups in total. The molecule has 1 unspecified atom stereocenters. The third-order valence-electron chi connectivity index (χ3n) is 5.62. The minimum absolute atomic E-state index is 0.0215. The molecule has 0 aliphatic rings. The largest absolute Gasteiger partial charge is 0.481 e. The maximum atomic E-state index is 13.3. The van der Waals surface area contributed by atoms with Gasteiger partial charge in [-0.3, -0.25) is 9.59 Å². The van der Waals surface area contributed by atoms with Crippen LogP contribution in [0.4, 0.5) is 10.1 Å². The van der Waals surface area contributed by atoms with E-state index in [1.165, 1.54) is 24.3 Å². The predicted molar refractivity (Wildman–Crippen MR) is 130 cm³/mol. The van der Waals surface area contributed by atoms with Gasteiger partial charge in [-0.1, -0.05) is 38.1 Å². The van der Waals surface area contributed by atoms with Crippen molar-refractivity contribution in [2.75, 3.05) is 5.32 Å². The van der Waals surface area contributed by atoms with E-state index in [2.05, 4.69) is 19.2 Å². The lowest BCUT2D eigenvalue weighted by atomic mass is 10.0. The molecule has 0 radical (unpaired) electrons. The third-order valence-corrected chi connectivity index (χ3v) is 5.62. The number of carbonyl (C=O) groups excluding carboxylic acids is 2. The molecule has 4 rings (SSSR count). The highest BCUT2D eigenvalue weighted by molar-refractivity contribution is 6.17. The van der Waals surface area contributed by atoms with Crippen molar-refractivity contribution in [1.82, 2.24) is 0 Å². The molecule has 0 saturated carbocycles. The normalized spacial score (nSPS) is 12.1. The number of amides is 1. The third kappa shape index (κ3) is 4.71. The molecule has 174 valence electrons. The highest BCUT2D eigenvalue weighted by atomic mass is 19.1. The smallest absolute Gasteiger partial charge is 0.265 e. The number of fused-ring (bicyclic) bond motifs is 1. The zero-order valence-corrected chi connectivity index (χ0v) is 19.5. The molecule has 34 heavy (non-hydrogen) atoms. The number of para-hydroxylation sites is 1. The van der Waals surface area contributed by atoms with Crippen molar-refractivity contribution in [2.45, 2.75) is 39.7 Å². The minimum Gasteiger partial charge on any atom is -0.481 e. The van der Waals surface area contributed by atoms with E-state index in [-0.39, 0.29) is 22.9 Å². The van der Waals surface area contributed by atoms with Crippen molar-refractivity contribution < 1.29 is 23.1 Å². The first-order valence-electron chi connectivity index (χ1n) is 11.1. The number of ketones is 1. The zero-order valence-electron chi connectivity index (χ0n) is 19.5. The Labute approximate surface area is 197 Å². The fourth-order valence-corrected chi connectivity index (χ4v) is 3.75. The van der Waals surface area contributed by atoms with Crippen LogP contribution in [0.3, 0.4) is 0 Å². The lowest BCUT2D eigenvalue weighted by Crippen LogP contribution is -2.31. The van der Waals surface area contributed by atoms with Crippen LogP contribution >= 0.6 is 0 Å². The molecular formula is C28H26FNO4. The monoisotopic (exact) mass is 459 g/mol. The summed E-state index contributed by atoms with van der Waals surface area (Å²) in [5.41, 5.74) is 3.00. The van der Waals surface area contributed by atoms with Crippen LogP contribution in [0.25, 0.3) is 11.0 Å². The summed E-state index contributed by atoms with van der Waals surface area (Å²) in [4.78, 5) is 26.3. The van der Waals surface area contributed by atoms with Crippen molar-refractivity contribution >= 4 is 28.3 Å². The number of nitrogens with one attached hydrogen (secondary N) is 1. The highest BCUT2D eigenvalue weighted by Crippen LogP contribution is 2.33. The Morgan fingerprint density at radius 1 is 0.971 bits per heavy atom.